The van der Waals surface area contributed by atoms with Gasteiger partial charge >= 0.3 is 11.9 Å². The first-order valence-electron chi connectivity index (χ1n) is 8.23. The molecule has 0 spiro atoms. The summed E-state index contributed by atoms with van der Waals surface area (Å²) in [6, 6.07) is 0. The summed E-state index contributed by atoms with van der Waals surface area (Å²) < 4.78 is 11.5. The summed E-state index contributed by atoms with van der Waals surface area (Å²) >= 11 is 0. The first-order chi connectivity index (χ1) is 10.2. The number of hydrogen-bond donors (Lipinski definition) is 0. The number of quaternary nitrogens is 2. The van der Waals surface area contributed by atoms with E-state index in [4.69, 9.17) is 9.47 Å². The molecule has 6 heteroatoms. The van der Waals surface area contributed by atoms with Gasteiger partial charge in [-0.1, -0.05) is 7.43 Å². The van der Waals surface area contributed by atoms with Gasteiger partial charge in [-0.3, -0.25) is 9.28 Å². The van der Waals surface area contributed by atoms with Crippen LogP contribution in [0.2, 0.25) is 0 Å². The molecule has 0 unspecified atom stereocenters. The number of hydrogen-bond acceptors (Lipinski definition) is 4. The standard InChI is InChI=1S/2C9H20NO2.CH4/c1-9(2,3)8(11)12-7-10(4,5)6;1-9(2,3)12-8(11)7-10(4,5)6;/h2*7H2,1-6H3;1H4/q2*+1;. The van der Waals surface area contributed by atoms with E-state index in [2.05, 4.69) is 0 Å². The molecule has 6 nitrogen and oxygen atoms in total. The maximum Gasteiger partial charge on any atom is 0.362 e. The molecular weight excluding hydrogens is 320 g/mol. The molecule has 25 heavy (non-hydrogen) atoms. The second-order valence-corrected chi connectivity index (χ2v) is 10.1. The van der Waals surface area contributed by atoms with Crippen molar-refractivity contribution in [1.29, 1.82) is 0 Å². The Balaban J connectivity index is -0.000000372. The number of esters is 2. The number of likely N-dealkylation sites (N-methyl/N-ethyl adjacent to an activating group) is 1. The van der Waals surface area contributed by atoms with E-state index >= 15 is 0 Å². The van der Waals surface area contributed by atoms with Gasteiger partial charge in [0.25, 0.3) is 0 Å². The van der Waals surface area contributed by atoms with Crippen LogP contribution < -0.4 is 0 Å². The summed E-state index contributed by atoms with van der Waals surface area (Å²) in [5, 5.41) is 0. The highest BCUT2D eigenvalue weighted by Crippen LogP contribution is 2.15. The summed E-state index contributed by atoms with van der Waals surface area (Å²) in [5.41, 5.74) is -0.762. The Hall–Kier alpha value is -1.14. The summed E-state index contributed by atoms with van der Waals surface area (Å²) in [5.74, 6) is -0.287. The molecule has 0 aliphatic heterocycles. The lowest BCUT2D eigenvalue weighted by Gasteiger charge is -2.25. The summed E-state index contributed by atoms with van der Waals surface area (Å²) in [4.78, 5) is 22.5. The number of carbonyl (C=O) groups is 2. The van der Waals surface area contributed by atoms with Crippen molar-refractivity contribution in [1.82, 2.24) is 0 Å². The quantitative estimate of drug-likeness (QED) is 0.437. The molecule has 0 bridgehead atoms. The fourth-order valence-corrected chi connectivity index (χ4v) is 1.23. The lowest BCUT2D eigenvalue weighted by Crippen LogP contribution is -2.42. The van der Waals surface area contributed by atoms with Crippen LogP contribution in [-0.4, -0.2) is 82.1 Å². The van der Waals surface area contributed by atoms with E-state index in [9.17, 15) is 9.59 Å². The van der Waals surface area contributed by atoms with E-state index in [1.165, 1.54) is 0 Å². The Morgan fingerprint density at radius 1 is 0.800 bits per heavy atom. The topological polar surface area (TPSA) is 52.6 Å². The Bertz CT molecular complexity index is 387. The number of carbonyl (C=O) groups excluding carboxylic acids is 2. The molecule has 0 N–H and O–H groups in total. The van der Waals surface area contributed by atoms with Crippen LogP contribution in [0.4, 0.5) is 0 Å². The van der Waals surface area contributed by atoms with Gasteiger partial charge in [0.1, 0.15) is 5.60 Å². The first kappa shape index (κ1) is 28.7. The van der Waals surface area contributed by atoms with Gasteiger partial charge in [0, 0.05) is 0 Å². The maximum atomic E-state index is 11.3. The van der Waals surface area contributed by atoms with Crippen LogP contribution in [0.1, 0.15) is 49.0 Å². The van der Waals surface area contributed by atoms with E-state index in [1.807, 2.05) is 83.8 Å². The Morgan fingerprint density at radius 2 is 1.20 bits per heavy atom. The average Bonchev–Trinajstić information content (AvgIpc) is 2.18. The van der Waals surface area contributed by atoms with Gasteiger partial charge in [-0.25, -0.2) is 4.79 Å². The zero-order chi connectivity index (χ0) is 20.0. The van der Waals surface area contributed by atoms with Crippen molar-refractivity contribution in [3.8, 4) is 0 Å². The minimum Gasteiger partial charge on any atom is -0.456 e. The SMILES string of the molecule is C.CC(C)(C)C(=O)OC[N+](C)(C)C.CC(C)(C)OC(=O)C[N+](C)(C)C. The van der Waals surface area contributed by atoms with Crippen molar-refractivity contribution in [2.75, 3.05) is 55.6 Å². The van der Waals surface area contributed by atoms with Crippen molar-refractivity contribution in [2.24, 2.45) is 5.41 Å². The van der Waals surface area contributed by atoms with Crippen LogP contribution in [0.15, 0.2) is 0 Å². The Morgan fingerprint density at radius 3 is 1.44 bits per heavy atom. The van der Waals surface area contributed by atoms with Gasteiger partial charge in [0.2, 0.25) is 6.73 Å². The van der Waals surface area contributed by atoms with E-state index in [-0.39, 0.29) is 25.0 Å². The highest BCUT2D eigenvalue weighted by atomic mass is 16.6. The molecule has 0 aliphatic rings. The van der Waals surface area contributed by atoms with Crippen LogP contribution in [0.5, 0.6) is 0 Å². The molecular formula is C19H44N2O4+2. The predicted molar refractivity (Wildman–Crippen MR) is 104 cm³/mol. The molecule has 0 rings (SSSR count). The zero-order valence-corrected chi connectivity index (χ0v) is 17.9. The third kappa shape index (κ3) is 22.9. The monoisotopic (exact) mass is 364 g/mol. The highest BCUT2D eigenvalue weighted by molar-refractivity contribution is 5.75. The van der Waals surface area contributed by atoms with Gasteiger partial charge in [-0.15, -0.1) is 0 Å². The van der Waals surface area contributed by atoms with Crippen LogP contribution in [0.3, 0.4) is 0 Å². The van der Waals surface area contributed by atoms with Crippen LogP contribution >= 0.6 is 0 Å². The summed E-state index contributed by atoms with van der Waals surface area (Å²) in [7, 11) is 11.8. The van der Waals surface area contributed by atoms with Crippen molar-refractivity contribution in [2.45, 2.75) is 54.6 Å². The molecule has 0 aromatic carbocycles. The summed E-state index contributed by atoms with van der Waals surface area (Å²) in [6.45, 7) is 12.0. The van der Waals surface area contributed by atoms with Gasteiger partial charge in [0.05, 0.1) is 47.7 Å². The summed E-state index contributed by atoms with van der Waals surface area (Å²) in [6.07, 6.45) is 0. The zero-order valence-electron chi connectivity index (χ0n) is 17.9. The van der Waals surface area contributed by atoms with Crippen molar-refractivity contribution in [3.63, 3.8) is 0 Å². The molecule has 0 saturated heterocycles. The largest absolute Gasteiger partial charge is 0.456 e. The van der Waals surface area contributed by atoms with Crippen molar-refractivity contribution in [3.05, 3.63) is 0 Å². The Labute approximate surface area is 156 Å². The number of nitrogens with zero attached hydrogens (tertiary/aromatic N) is 2. The van der Waals surface area contributed by atoms with Gasteiger partial charge in [-0.2, -0.15) is 0 Å². The molecule has 152 valence electrons. The lowest BCUT2D eigenvalue weighted by atomic mass is 9.98. The Kier molecular flexibility index (Phi) is 11.6. The van der Waals surface area contributed by atoms with E-state index in [1.54, 1.807) is 0 Å². The predicted octanol–water partition coefficient (Wildman–Crippen LogP) is 2.91. The van der Waals surface area contributed by atoms with Crippen LogP contribution in [-0.2, 0) is 19.1 Å². The second kappa shape index (κ2) is 10.1. The van der Waals surface area contributed by atoms with E-state index < -0.39 is 5.41 Å². The molecule has 0 aromatic heterocycles. The fourth-order valence-electron chi connectivity index (χ4n) is 1.23. The third-order valence-electron chi connectivity index (χ3n) is 2.22. The number of rotatable bonds is 4. The highest BCUT2D eigenvalue weighted by Gasteiger charge is 2.24. The van der Waals surface area contributed by atoms with Crippen LogP contribution in [0, 0.1) is 5.41 Å². The average molecular weight is 365 g/mol. The lowest BCUT2D eigenvalue weighted by molar-refractivity contribution is -0.888. The molecule has 0 aliphatic carbocycles. The number of ether oxygens (including phenoxy) is 2. The molecule has 0 saturated carbocycles. The van der Waals surface area contributed by atoms with Gasteiger partial charge in [-0.05, 0) is 41.5 Å². The molecule has 0 radical (unpaired) electrons. The smallest absolute Gasteiger partial charge is 0.362 e. The third-order valence-corrected chi connectivity index (χ3v) is 2.22. The molecule has 0 heterocycles. The second-order valence-electron chi connectivity index (χ2n) is 10.1. The van der Waals surface area contributed by atoms with Gasteiger partial charge < -0.3 is 14.0 Å². The molecule has 0 amide bonds. The van der Waals surface area contributed by atoms with Crippen molar-refractivity contribution >= 4 is 11.9 Å². The molecule has 0 atom stereocenters. The van der Waals surface area contributed by atoms with Crippen LogP contribution in [0.25, 0.3) is 0 Å². The first-order valence-corrected chi connectivity index (χ1v) is 8.23. The fraction of sp³-hybridized carbons (Fsp3) is 0.895. The van der Waals surface area contributed by atoms with E-state index in [0.717, 1.165) is 0 Å². The maximum absolute atomic E-state index is 11.3. The van der Waals surface area contributed by atoms with E-state index in [0.29, 0.717) is 22.2 Å². The van der Waals surface area contributed by atoms with Gasteiger partial charge in [0.15, 0.2) is 6.54 Å². The van der Waals surface area contributed by atoms with Crippen molar-refractivity contribution < 1.29 is 28.0 Å². The minimum absolute atomic E-state index is 0. The minimum atomic E-state index is -0.394. The molecule has 0 aromatic rings. The normalized spacial score (nSPS) is 12.3. The molecule has 0 fully saturated rings.